The number of nitrogen functional groups attached to an aromatic ring is 1. The molecule has 0 amide bonds. The Labute approximate surface area is 118 Å². The van der Waals surface area contributed by atoms with Gasteiger partial charge in [0.05, 0.1) is 17.7 Å². The van der Waals surface area contributed by atoms with Crippen LogP contribution >= 0.6 is 27.3 Å². The zero-order valence-corrected chi connectivity index (χ0v) is 12.3. The van der Waals surface area contributed by atoms with Crippen molar-refractivity contribution in [3.63, 3.8) is 0 Å². The minimum atomic E-state index is 0.0661. The van der Waals surface area contributed by atoms with Crippen molar-refractivity contribution >= 4 is 38.8 Å². The number of aromatic nitrogens is 1. The number of hydrogen-bond acceptors (Lipinski definition) is 4. The van der Waals surface area contributed by atoms with Gasteiger partial charge in [0.2, 0.25) is 0 Å². The topological polar surface area (TPSA) is 66.0 Å². The number of anilines is 1. The third kappa shape index (κ3) is 2.88. The molecular weight excluding hydrogens is 312 g/mol. The lowest BCUT2D eigenvalue weighted by molar-refractivity contribution is 0.893. The molecule has 0 aliphatic carbocycles. The third-order valence-electron chi connectivity index (χ3n) is 2.54. The van der Waals surface area contributed by atoms with Crippen LogP contribution in [0.2, 0.25) is 0 Å². The zero-order chi connectivity index (χ0) is 13.1. The van der Waals surface area contributed by atoms with Crippen molar-refractivity contribution in [2.45, 2.75) is 6.54 Å². The molecule has 0 saturated heterocycles. The van der Waals surface area contributed by atoms with Gasteiger partial charge < -0.3 is 10.6 Å². The molecule has 2 rings (SSSR count). The molecule has 0 aliphatic heterocycles. The van der Waals surface area contributed by atoms with Crippen LogP contribution in [0.5, 0.6) is 0 Å². The molecule has 0 unspecified atom stereocenters. The van der Waals surface area contributed by atoms with Crippen LogP contribution in [0.15, 0.2) is 33.6 Å². The highest BCUT2D eigenvalue weighted by atomic mass is 79.9. The number of thiazole rings is 1. The van der Waals surface area contributed by atoms with Gasteiger partial charge in [0.25, 0.3) is 0 Å². The molecule has 0 aliphatic rings. The lowest BCUT2D eigenvalue weighted by Crippen LogP contribution is -2.22. The number of hydrogen-bond donors (Lipinski definition) is 2. The van der Waals surface area contributed by atoms with Crippen LogP contribution in [-0.4, -0.2) is 17.9 Å². The fourth-order valence-corrected chi connectivity index (χ4v) is 2.61. The van der Waals surface area contributed by atoms with E-state index in [-0.39, 0.29) is 5.84 Å². The van der Waals surface area contributed by atoms with Gasteiger partial charge in [0.15, 0.2) is 0 Å². The highest BCUT2D eigenvalue weighted by molar-refractivity contribution is 9.10. The fourth-order valence-electron chi connectivity index (χ4n) is 1.70. The van der Waals surface area contributed by atoms with Crippen LogP contribution in [0.1, 0.15) is 11.3 Å². The van der Waals surface area contributed by atoms with Crippen LogP contribution < -0.4 is 10.6 Å². The second-order valence-electron chi connectivity index (χ2n) is 3.91. The molecule has 0 fully saturated rings. The minimum Gasteiger partial charge on any atom is -0.384 e. The summed E-state index contributed by atoms with van der Waals surface area (Å²) in [4.78, 5) is 6.30. The Balaban J connectivity index is 2.29. The predicted octanol–water partition coefficient (Wildman–Crippen LogP) is 2.83. The second-order valence-corrected chi connectivity index (χ2v) is 5.55. The Hall–Kier alpha value is -1.40. The maximum Gasteiger partial charge on any atom is 0.124 e. The van der Waals surface area contributed by atoms with E-state index in [0.29, 0.717) is 6.54 Å². The van der Waals surface area contributed by atoms with Crippen molar-refractivity contribution in [1.82, 2.24) is 4.98 Å². The lowest BCUT2D eigenvalue weighted by atomic mass is 10.1. The van der Waals surface area contributed by atoms with Gasteiger partial charge in [-0.1, -0.05) is 15.9 Å². The van der Waals surface area contributed by atoms with Crippen molar-refractivity contribution in [3.05, 3.63) is 44.8 Å². The predicted molar refractivity (Wildman–Crippen MR) is 79.4 cm³/mol. The highest BCUT2D eigenvalue weighted by Gasteiger charge is 2.11. The Kier molecular flexibility index (Phi) is 3.98. The van der Waals surface area contributed by atoms with E-state index < -0.39 is 0 Å². The van der Waals surface area contributed by atoms with E-state index in [1.165, 1.54) is 0 Å². The molecule has 3 N–H and O–H groups in total. The van der Waals surface area contributed by atoms with Crippen molar-refractivity contribution < 1.29 is 0 Å². The molecule has 2 aromatic rings. The second kappa shape index (κ2) is 5.49. The molecule has 1 aromatic heterocycles. The normalized spacial score (nSPS) is 10.3. The Morgan fingerprint density at radius 1 is 1.56 bits per heavy atom. The number of amidine groups is 1. The third-order valence-corrected chi connectivity index (χ3v) is 3.67. The summed E-state index contributed by atoms with van der Waals surface area (Å²) in [6, 6.07) is 5.75. The van der Waals surface area contributed by atoms with Crippen LogP contribution in [0.3, 0.4) is 0 Å². The first-order chi connectivity index (χ1) is 8.58. The fraction of sp³-hybridized carbons (Fsp3) is 0.167. The first-order valence-electron chi connectivity index (χ1n) is 5.30. The van der Waals surface area contributed by atoms with Gasteiger partial charge in [-0.3, -0.25) is 5.41 Å². The maximum absolute atomic E-state index is 7.63. The van der Waals surface area contributed by atoms with E-state index in [1.807, 2.05) is 41.0 Å². The van der Waals surface area contributed by atoms with Gasteiger partial charge in [-0.2, -0.15) is 0 Å². The molecule has 0 spiro atoms. The lowest BCUT2D eigenvalue weighted by Gasteiger charge is -2.21. The van der Waals surface area contributed by atoms with Crippen LogP contribution in [0.25, 0.3) is 0 Å². The smallest absolute Gasteiger partial charge is 0.124 e. The quantitative estimate of drug-likeness (QED) is 0.671. The minimum absolute atomic E-state index is 0.0661. The Bertz CT molecular complexity index is 553. The molecule has 6 heteroatoms. The largest absolute Gasteiger partial charge is 0.384 e. The molecule has 4 nitrogen and oxygen atoms in total. The monoisotopic (exact) mass is 324 g/mol. The number of rotatable bonds is 4. The van der Waals surface area contributed by atoms with E-state index in [0.717, 1.165) is 21.4 Å². The summed E-state index contributed by atoms with van der Waals surface area (Å²) in [5.74, 6) is 0.0661. The molecular formula is C12H13BrN4S. The molecule has 0 radical (unpaired) electrons. The van der Waals surface area contributed by atoms with Gasteiger partial charge in [-0.15, -0.1) is 11.3 Å². The van der Waals surface area contributed by atoms with E-state index in [9.17, 15) is 0 Å². The number of nitrogens with zero attached hydrogens (tertiary/aromatic N) is 2. The molecule has 0 saturated carbocycles. The molecule has 18 heavy (non-hydrogen) atoms. The number of nitrogens with one attached hydrogen (secondary N) is 1. The van der Waals surface area contributed by atoms with E-state index in [2.05, 4.69) is 20.9 Å². The summed E-state index contributed by atoms with van der Waals surface area (Å²) >= 11 is 4.97. The average Bonchev–Trinajstić information content (AvgIpc) is 2.81. The van der Waals surface area contributed by atoms with E-state index in [4.69, 9.17) is 11.1 Å². The van der Waals surface area contributed by atoms with Crippen LogP contribution in [0.4, 0.5) is 5.69 Å². The summed E-state index contributed by atoms with van der Waals surface area (Å²) in [7, 11) is 1.97. The maximum atomic E-state index is 7.63. The Morgan fingerprint density at radius 3 is 2.94 bits per heavy atom. The molecule has 1 heterocycles. The number of halogens is 1. The van der Waals surface area contributed by atoms with Crippen molar-refractivity contribution in [3.8, 4) is 0 Å². The van der Waals surface area contributed by atoms with Crippen molar-refractivity contribution in [2.75, 3.05) is 11.9 Å². The van der Waals surface area contributed by atoms with Gasteiger partial charge in [0.1, 0.15) is 5.84 Å². The summed E-state index contributed by atoms with van der Waals surface area (Å²) in [6.45, 7) is 0.700. The average molecular weight is 325 g/mol. The summed E-state index contributed by atoms with van der Waals surface area (Å²) < 4.78 is 0.915. The highest BCUT2D eigenvalue weighted by Crippen LogP contribution is 2.24. The van der Waals surface area contributed by atoms with Gasteiger partial charge in [-0.25, -0.2) is 4.98 Å². The van der Waals surface area contributed by atoms with Crippen molar-refractivity contribution in [1.29, 1.82) is 5.41 Å². The summed E-state index contributed by atoms with van der Waals surface area (Å²) in [6.07, 6.45) is 0. The van der Waals surface area contributed by atoms with Crippen LogP contribution in [-0.2, 0) is 6.54 Å². The van der Waals surface area contributed by atoms with E-state index >= 15 is 0 Å². The number of nitrogens with two attached hydrogens (primary N) is 1. The molecule has 94 valence electrons. The first-order valence-corrected chi connectivity index (χ1v) is 7.03. The summed E-state index contributed by atoms with van der Waals surface area (Å²) in [5, 5.41) is 9.65. The molecule has 1 aromatic carbocycles. The standard InChI is InChI=1S/C12H13BrN4S/c1-17(5-9-6-18-7-16-9)11-3-2-8(13)4-10(11)12(14)15/h2-4,6-7H,5H2,1H3,(H3,14,15). The van der Waals surface area contributed by atoms with Crippen molar-refractivity contribution in [2.24, 2.45) is 5.73 Å². The van der Waals surface area contributed by atoms with E-state index in [1.54, 1.807) is 11.3 Å². The molecule has 0 bridgehead atoms. The SMILES string of the molecule is CN(Cc1cscn1)c1ccc(Br)cc1C(=N)N. The first kappa shape index (κ1) is 13.0. The zero-order valence-electron chi connectivity index (χ0n) is 9.85. The van der Waals surface area contributed by atoms with Gasteiger partial charge in [0, 0.05) is 28.2 Å². The van der Waals surface area contributed by atoms with Crippen LogP contribution in [0, 0.1) is 5.41 Å². The van der Waals surface area contributed by atoms with Gasteiger partial charge >= 0.3 is 0 Å². The number of benzene rings is 1. The molecule has 0 atom stereocenters. The summed E-state index contributed by atoms with van der Waals surface area (Å²) in [5.41, 5.74) is 10.1. The van der Waals surface area contributed by atoms with Gasteiger partial charge in [-0.05, 0) is 18.2 Å². The Morgan fingerprint density at radius 2 is 2.33 bits per heavy atom.